The smallest absolute Gasteiger partial charge is 0.258 e. The molecule has 0 fully saturated rings. The Morgan fingerprint density at radius 2 is 1.71 bits per heavy atom. The fraction of sp³-hybridized carbons (Fsp3) is 0.214. The molecule has 0 aliphatic heterocycles. The van der Waals surface area contributed by atoms with Crippen molar-refractivity contribution < 1.29 is 5.11 Å². The number of aryl methyl sites for hydroxylation is 3. The van der Waals surface area contributed by atoms with Crippen molar-refractivity contribution in [1.82, 2.24) is 4.57 Å². The number of aromatic hydroxyl groups is 1. The lowest BCUT2D eigenvalue weighted by Gasteiger charge is -2.12. The molecular weight excluding hydrogens is 214 g/mol. The van der Waals surface area contributed by atoms with Crippen LogP contribution in [0.25, 0.3) is 5.69 Å². The lowest BCUT2D eigenvalue weighted by atomic mass is 10.1. The van der Waals surface area contributed by atoms with Crippen molar-refractivity contribution in [3.8, 4) is 11.6 Å². The first-order chi connectivity index (χ1) is 7.99. The Balaban J connectivity index is 2.73. The number of nitrogens with zero attached hydrogens (tertiary/aromatic N) is 1. The van der Waals surface area contributed by atoms with E-state index in [2.05, 4.69) is 0 Å². The molecule has 0 unspecified atom stereocenters. The molecule has 3 nitrogen and oxygen atoms in total. The van der Waals surface area contributed by atoms with Gasteiger partial charge in [0.05, 0.1) is 5.69 Å². The highest BCUT2D eigenvalue weighted by Crippen LogP contribution is 2.19. The van der Waals surface area contributed by atoms with Gasteiger partial charge in [-0.05, 0) is 38.0 Å². The van der Waals surface area contributed by atoms with Crippen LogP contribution >= 0.6 is 0 Å². The van der Waals surface area contributed by atoms with Gasteiger partial charge in [0, 0.05) is 12.1 Å². The minimum absolute atomic E-state index is 0.0260. The zero-order valence-corrected chi connectivity index (χ0v) is 10.2. The predicted octanol–water partition coefficient (Wildman–Crippen LogP) is 2.47. The van der Waals surface area contributed by atoms with Gasteiger partial charge in [0.15, 0.2) is 5.88 Å². The van der Waals surface area contributed by atoms with Gasteiger partial charge in [-0.2, -0.15) is 0 Å². The zero-order valence-electron chi connectivity index (χ0n) is 10.2. The van der Waals surface area contributed by atoms with Crippen LogP contribution in [0.5, 0.6) is 5.88 Å². The Morgan fingerprint density at radius 3 is 2.29 bits per heavy atom. The van der Waals surface area contributed by atoms with Gasteiger partial charge >= 0.3 is 0 Å². The van der Waals surface area contributed by atoms with E-state index in [-0.39, 0.29) is 11.4 Å². The van der Waals surface area contributed by atoms with Crippen molar-refractivity contribution in [3.05, 3.63) is 57.4 Å². The second-order valence-corrected chi connectivity index (χ2v) is 4.35. The molecule has 2 aromatic rings. The average Bonchev–Trinajstić information content (AvgIpc) is 2.19. The van der Waals surface area contributed by atoms with E-state index in [0.717, 1.165) is 22.4 Å². The summed E-state index contributed by atoms with van der Waals surface area (Å²) in [4.78, 5) is 11.9. The van der Waals surface area contributed by atoms with Crippen LogP contribution in [-0.2, 0) is 0 Å². The third-order valence-electron chi connectivity index (χ3n) is 2.75. The SMILES string of the molecule is Cc1ccc(-n2c(O)cc(C)cc2=O)c(C)c1. The molecule has 0 saturated carbocycles. The van der Waals surface area contributed by atoms with E-state index < -0.39 is 0 Å². The van der Waals surface area contributed by atoms with Gasteiger partial charge < -0.3 is 5.11 Å². The van der Waals surface area contributed by atoms with Crippen LogP contribution in [0.4, 0.5) is 0 Å². The van der Waals surface area contributed by atoms with Crippen LogP contribution in [0.3, 0.4) is 0 Å². The maximum atomic E-state index is 11.9. The minimum atomic E-state index is -0.213. The van der Waals surface area contributed by atoms with Crippen molar-refractivity contribution in [3.63, 3.8) is 0 Å². The number of benzene rings is 1. The molecule has 17 heavy (non-hydrogen) atoms. The maximum Gasteiger partial charge on any atom is 0.258 e. The van der Waals surface area contributed by atoms with Crippen molar-refractivity contribution in [1.29, 1.82) is 0 Å². The van der Waals surface area contributed by atoms with Gasteiger partial charge in [0.2, 0.25) is 0 Å². The molecule has 2 rings (SSSR count). The number of rotatable bonds is 1. The molecule has 0 amide bonds. The van der Waals surface area contributed by atoms with Gasteiger partial charge in [-0.15, -0.1) is 0 Å². The van der Waals surface area contributed by atoms with E-state index in [1.165, 1.54) is 10.6 Å². The molecule has 1 aromatic heterocycles. The summed E-state index contributed by atoms with van der Waals surface area (Å²) in [5.41, 5.74) is 3.36. The van der Waals surface area contributed by atoms with E-state index in [9.17, 15) is 9.90 Å². The van der Waals surface area contributed by atoms with Crippen molar-refractivity contribution >= 4 is 0 Å². The topological polar surface area (TPSA) is 42.2 Å². The van der Waals surface area contributed by atoms with Crippen LogP contribution < -0.4 is 5.56 Å². The molecule has 0 aliphatic carbocycles. The van der Waals surface area contributed by atoms with E-state index in [0.29, 0.717) is 0 Å². The monoisotopic (exact) mass is 229 g/mol. The Kier molecular flexibility index (Phi) is 2.76. The Morgan fingerprint density at radius 1 is 1.00 bits per heavy atom. The lowest BCUT2D eigenvalue weighted by molar-refractivity contribution is 0.434. The number of hydrogen-bond donors (Lipinski definition) is 1. The first-order valence-corrected chi connectivity index (χ1v) is 5.49. The molecule has 0 atom stereocenters. The molecule has 0 radical (unpaired) electrons. The molecule has 0 aliphatic rings. The fourth-order valence-corrected chi connectivity index (χ4v) is 1.98. The van der Waals surface area contributed by atoms with Crippen molar-refractivity contribution in [2.24, 2.45) is 0 Å². The second-order valence-electron chi connectivity index (χ2n) is 4.35. The Labute approximate surface area is 100.0 Å². The standard InChI is InChI=1S/C14H15NO2/c1-9-4-5-12(11(3)6-9)15-13(16)7-10(2)8-14(15)17/h4-8,16H,1-3H3. The molecule has 1 heterocycles. The fourth-order valence-electron chi connectivity index (χ4n) is 1.98. The summed E-state index contributed by atoms with van der Waals surface area (Å²) in [6.07, 6.45) is 0. The number of aromatic nitrogens is 1. The highest BCUT2D eigenvalue weighted by molar-refractivity contribution is 5.45. The number of pyridine rings is 1. The van der Waals surface area contributed by atoms with Crippen LogP contribution in [0.1, 0.15) is 16.7 Å². The highest BCUT2D eigenvalue weighted by Gasteiger charge is 2.08. The molecule has 1 aromatic carbocycles. The third-order valence-corrected chi connectivity index (χ3v) is 2.75. The third kappa shape index (κ3) is 2.09. The van der Waals surface area contributed by atoms with Gasteiger partial charge in [-0.25, -0.2) is 4.57 Å². The predicted molar refractivity (Wildman–Crippen MR) is 67.9 cm³/mol. The largest absolute Gasteiger partial charge is 0.494 e. The van der Waals surface area contributed by atoms with Crippen LogP contribution in [0.2, 0.25) is 0 Å². The van der Waals surface area contributed by atoms with E-state index in [4.69, 9.17) is 0 Å². The van der Waals surface area contributed by atoms with E-state index in [1.807, 2.05) is 32.0 Å². The molecule has 88 valence electrons. The molecule has 0 saturated heterocycles. The molecule has 1 N–H and O–H groups in total. The quantitative estimate of drug-likeness (QED) is 0.816. The Bertz CT molecular complexity index is 627. The molecule has 3 heteroatoms. The van der Waals surface area contributed by atoms with Crippen LogP contribution in [0.15, 0.2) is 35.1 Å². The minimum Gasteiger partial charge on any atom is -0.494 e. The average molecular weight is 229 g/mol. The summed E-state index contributed by atoms with van der Waals surface area (Å²) in [5, 5.41) is 9.88. The summed E-state index contributed by atoms with van der Waals surface area (Å²) in [6.45, 7) is 5.70. The normalized spacial score (nSPS) is 10.5. The van der Waals surface area contributed by atoms with Gasteiger partial charge in [-0.3, -0.25) is 4.79 Å². The highest BCUT2D eigenvalue weighted by atomic mass is 16.3. The molecule has 0 bridgehead atoms. The van der Waals surface area contributed by atoms with Gasteiger partial charge in [-0.1, -0.05) is 17.7 Å². The maximum absolute atomic E-state index is 11.9. The van der Waals surface area contributed by atoms with Gasteiger partial charge in [0.1, 0.15) is 0 Å². The summed E-state index contributed by atoms with van der Waals surface area (Å²) >= 11 is 0. The van der Waals surface area contributed by atoms with Crippen molar-refractivity contribution in [2.45, 2.75) is 20.8 Å². The van der Waals surface area contributed by atoms with Crippen LogP contribution in [0, 0.1) is 20.8 Å². The molecular formula is C14H15NO2. The molecule has 0 spiro atoms. The van der Waals surface area contributed by atoms with Gasteiger partial charge in [0.25, 0.3) is 5.56 Å². The summed E-state index contributed by atoms with van der Waals surface area (Å²) in [6, 6.07) is 8.86. The first-order valence-electron chi connectivity index (χ1n) is 5.49. The first kappa shape index (κ1) is 11.5. The van der Waals surface area contributed by atoms with Crippen LogP contribution in [-0.4, -0.2) is 9.67 Å². The van der Waals surface area contributed by atoms with E-state index in [1.54, 1.807) is 13.0 Å². The lowest BCUT2D eigenvalue weighted by Crippen LogP contribution is -2.18. The summed E-state index contributed by atoms with van der Waals surface area (Å²) in [5.74, 6) is -0.0260. The van der Waals surface area contributed by atoms with Crippen molar-refractivity contribution in [2.75, 3.05) is 0 Å². The Hall–Kier alpha value is -2.03. The second kappa shape index (κ2) is 4.09. The summed E-state index contributed by atoms with van der Waals surface area (Å²) in [7, 11) is 0. The number of hydrogen-bond acceptors (Lipinski definition) is 2. The van der Waals surface area contributed by atoms with E-state index >= 15 is 0 Å². The summed E-state index contributed by atoms with van der Waals surface area (Å²) < 4.78 is 1.32. The zero-order chi connectivity index (χ0) is 12.6.